The number of aliphatic carboxylic acids is 1. The Hall–Kier alpha value is -1.35. The van der Waals surface area contributed by atoms with Gasteiger partial charge in [-0.05, 0) is 17.9 Å². The van der Waals surface area contributed by atoms with Crippen molar-refractivity contribution in [2.24, 2.45) is 5.92 Å². The number of carbonyl (C=O) groups is 1. The minimum absolute atomic E-state index is 0.225. The fraction of sp³-hybridized carbons (Fsp3) is 0.500. The van der Waals surface area contributed by atoms with Gasteiger partial charge in [-0.1, -0.05) is 43.7 Å². The second kappa shape index (κ2) is 7.85. The maximum Gasteiger partial charge on any atom is 0.303 e. The summed E-state index contributed by atoms with van der Waals surface area (Å²) >= 11 is 0. The molecule has 1 N–H and O–H groups in total. The summed E-state index contributed by atoms with van der Waals surface area (Å²) in [5.41, 5.74) is 1.15. The number of benzene rings is 1. The highest BCUT2D eigenvalue weighted by atomic mass is 16.5. The molecule has 0 aliphatic rings. The molecule has 0 spiro atoms. The fourth-order valence-corrected chi connectivity index (χ4v) is 1.71. The molecular weight excluding hydrogens is 216 g/mol. The Labute approximate surface area is 102 Å². The van der Waals surface area contributed by atoms with Gasteiger partial charge < -0.3 is 9.84 Å². The highest BCUT2D eigenvalue weighted by Crippen LogP contribution is 2.13. The third kappa shape index (κ3) is 6.07. The molecule has 1 unspecified atom stereocenters. The monoisotopic (exact) mass is 236 g/mol. The normalized spacial score (nSPS) is 12.3. The summed E-state index contributed by atoms with van der Waals surface area (Å²) in [5, 5.41) is 8.71. The zero-order valence-corrected chi connectivity index (χ0v) is 10.3. The Morgan fingerprint density at radius 2 is 2.06 bits per heavy atom. The molecule has 0 fully saturated rings. The van der Waals surface area contributed by atoms with Crippen LogP contribution in [-0.2, 0) is 16.1 Å². The summed E-state index contributed by atoms with van der Waals surface area (Å²) in [4.78, 5) is 10.6. The lowest BCUT2D eigenvalue weighted by Gasteiger charge is -2.12. The molecule has 1 aromatic rings. The first-order chi connectivity index (χ1) is 8.22. The maximum absolute atomic E-state index is 10.6. The number of ether oxygens (including phenoxy) is 1. The van der Waals surface area contributed by atoms with E-state index in [1.807, 2.05) is 37.3 Å². The van der Waals surface area contributed by atoms with E-state index in [2.05, 4.69) is 0 Å². The summed E-state index contributed by atoms with van der Waals surface area (Å²) < 4.78 is 5.54. The van der Waals surface area contributed by atoms with E-state index in [1.165, 1.54) is 0 Å². The van der Waals surface area contributed by atoms with Crippen molar-refractivity contribution in [3.8, 4) is 0 Å². The molecule has 3 nitrogen and oxygen atoms in total. The number of hydrogen-bond donors (Lipinski definition) is 1. The molecule has 94 valence electrons. The van der Waals surface area contributed by atoms with E-state index in [0.29, 0.717) is 13.2 Å². The lowest BCUT2D eigenvalue weighted by atomic mass is 9.99. The van der Waals surface area contributed by atoms with Crippen LogP contribution in [0.4, 0.5) is 0 Å². The molecule has 0 aromatic heterocycles. The molecule has 1 aromatic carbocycles. The second-order valence-corrected chi connectivity index (χ2v) is 4.20. The van der Waals surface area contributed by atoms with E-state index in [9.17, 15) is 4.79 Å². The van der Waals surface area contributed by atoms with Crippen LogP contribution in [0.15, 0.2) is 30.3 Å². The van der Waals surface area contributed by atoms with E-state index in [-0.39, 0.29) is 12.3 Å². The first-order valence-corrected chi connectivity index (χ1v) is 6.05. The number of rotatable bonds is 8. The lowest BCUT2D eigenvalue weighted by Crippen LogP contribution is -2.10. The van der Waals surface area contributed by atoms with Gasteiger partial charge in [0.2, 0.25) is 0 Å². The van der Waals surface area contributed by atoms with Crippen molar-refractivity contribution in [2.45, 2.75) is 32.8 Å². The first kappa shape index (κ1) is 13.7. The Balaban J connectivity index is 2.16. The van der Waals surface area contributed by atoms with Crippen LogP contribution in [-0.4, -0.2) is 17.7 Å². The maximum atomic E-state index is 10.6. The average molecular weight is 236 g/mol. The summed E-state index contributed by atoms with van der Waals surface area (Å²) in [7, 11) is 0. The first-order valence-electron chi connectivity index (χ1n) is 6.05. The van der Waals surface area contributed by atoms with Crippen molar-refractivity contribution in [2.75, 3.05) is 6.61 Å². The Kier molecular flexibility index (Phi) is 6.33. The zero-order valence-electron chi connectivity index (χ0n) is 10.3. The van der Waals surface area contributed by atoms with Crippen LogP contribution in [0.2, 0.25) is 0 Å². The molecule has 0 heterocycles. The highest BCUT2D eigenvalue weighted by molar-refractivity contribution is 5.66. The minimum atomic E-state index is -0.722. The Morgan fingerprint density at radius 1 is 1.35 bits per heavy atom. The predicted octanol–water partition coefficient (Wildman–Crippen LogP) is 3.09. The quantitative estimate of drug-likeness (QED) is 0.705. The molecule has 0 aliphatic heterocycles. The van der Waals surface area contributed by atoms with Crippen molar-refractivity contribution >= 4 is 5.97 Å². The average Bonchev–Trinajstić information content (AvgIpc) is 2.34. The molecule has 0 saturated carbocycles. The number of carboxylic acids is 1. The van der Waals surface area contributed by atoms with E-state index >= 15 is 0 Å². The summed E-state index contributed by atoms with van der Waals surface area (Å²) in [6.45, 7) is 3.25. The SMILES string of the molecule is CCC(CCOCc1ccccc1)CC(=O)O. The van der Waals surface area contributed by atoms with Crippen LogP contribution in [0.1, 0.15) is 31.7 Å². The molecule has 17 heavy (non-hydrogen) atoms. The second-order valence-electron chi connectivity index (χ2n) is 4.20. The van der Waals surface area contributed by atoms with Gasteiger partial charge in [-0.2, -0.15) is 0 Å². The molecule has 0 bridgehead atoms. The van der Waals surface area contributed by atoms with Gasteiger partial charge in [-0.3, -0.25) is 4.79 Å². The zero-order chi connectivity index (χ0) is 12.5. The van der Waals surface area contributed by atoms with Gasteiger partial charge in [0.05, 0.1) is 6.61 Å². The van der Waals surface area contributed by atoms with Gasteiger partial charge in [-0.15, -0.1) is 0 Å². The highest BCUT2D eigenvalue weighted by Gasteiger charge is 2.10. The third-order valence-electron chi connectivity index (χ3n) is 2.82. The largest absolute Gasteiger partial charge is 0.481 e. The molecule has 0 aliphatic carbocycles. The Bertz CT molecular complexity index is 321. The summed E-state index contributed by atoms with van der Waals surface area (Å²) in [6.07, 6.45) is 1.95. The van der Waals surface area contributed by atoms with Gasteiger partial charge in [0, 0.05) is 13.0 Å². The van der Waals surface area contributed by atoms with Gasteiger partial charge in [0.15, 0.2) is 0 Å². The number of hydrogen-bond acceptors (Lipinski definition) is 2. The van der Waals surface area contributed by atoms with Crippen molar-refractivity contribution < 1.29 is 14.6 Å². The van der Waals surface area contributed by atoms with Crippen LogP contribution >= 0.6 is 0 Å². The van der Waals surface area contributed by atoms with Crippen molar-refractivity contribution in [1.82, 2.24) is 0 Å². The predicted molar refractivity (Wildman–Crippen MR) is 66.7 cm³/mol. The van der Waals surface area contributed by atoms with Gasteiger partial charge >= 0.3 is 5.97 Å². The van der Waals surface area contributed by atoms with Gasteiger partial charge in [0.25, 0.3) is 0 Å². The smallest absolute Gasteiger partial charge is 0.303 e. The molecular formula is C14H20O3. The molecule has 1 atom stereocenters. The lowest BCUT2D eigenvalue weighted by molar-refractivity contribution is -0.138. The van der Waals surface area contributed by atoms with Gasteiger partial charge in [-0.25, -0.2) is 0 Å². The molecule has 0 radical (unpaired) electrons. The molecule has 1 rings (SSSR count). The topological polar surface area (TPSA) is 46.5 Å². The van der Waals surface area contributed by atoms with Crippen molar-refractivity contribution in [1.29, 1.82) is 0 Å². The number of carboxylic acid groups (broad SMARTS) is 1. The van der Waals surface area contributed by atoms with E-state index in [0.717, 1.165) is 18.4 Å². The van der Waals surface area contributed by atoms with Crippen LogP contribution in [0.5, 0.6) is 0 Å². The van der Waals surface area contributed by atoms with E-state index in [4.69, 9.17) is 9.84 Å². The molecule has 3 heteroatoms. The fourth-order valence-electron chi connectivity index (χ4n) is 1.71. The Morgan fingerprint density at radius 3 is 2.65 bits per heavy atom. The van der Waals surface area contributed by atoms with E-state index in [1.54, 1.807) is 0 Å². The van der Waals surface area contributed by atoms with Crippen LogP contribution in [0.3, 0.4) is 0 Å². The van der Waals surface area contributed by atoms with E-state index < -0.39 is 5.97 Å². The molecule has 0 amide bonds. The van der Waals surface area contributed by atoms with Crippen molar-refractivity contribution in [3.05, 3.63) is 35.9 Å². The third-order valence-corrected chi connectivity index (χ3v) is 2.82. The standard InChI is InChI=1S/C14H20O3/c1-2-12(10-14(15)16)8-9-17-11-13-6-4-3-5-7-13/h3-7,12H,2,8-11H2,1H3,(H,15,16). The molecule has 0 saturated heterocycles. The summed E-state index contributed by atoms with van der Waals surface area (Å²) in [5.74, 6) is -0.497. The van der Waals surface area contributed by atoms with Crippen LogP contribution in [0.25, 0.3) is 0 Å². The van der Waals surface area contributed by atoms with Crippen LogP contribution in [0, 0.1) is 5.92 Å². The summed E-state index contributed by atoms with van der Waals surface area (Å²) in [6, 6.07) is 9.99. The van der Waals surface area contributed by atoms with Crippen molar-refractivity contribution in [3.63, 3.8) is 0 Å². The van der Waals surface area contributed by atoms with Gasteiger partial charge in [0.1, 0.15) is 0 Å². The van der Waals surface area contributed by atoms with Crippen LogP contribution < -0.4 is 0 Å². The minimum Gasteiger partial charge on any atom is -0.481 e.